The molecule has 0 atom stereocenters. The zero-order chi connectivity index (χ0) is 20.8. The fourth-order valence-electron chi connectivity index (χ4n) is 3.24. The maximum Gasteiger partial charge on any atom is 0.280 e. The zero-order valence-corrected chi connectivity index (χ0v) is 17.1. The molecule has 0 aliphatic carbocycles. The molecule has 1 aliphatic heterocycles. The van der Waals surface area contributed by atoms with Crippen LogP contribution >= 0.6 is 0 Å². The van der Waals surface area contributed by atoms with Gasteiger partial charge in [0.2, 0.25) is 0 Å². The Balaban J connectivity index is 2.02. The van der Waals surface area contributed by atoms with Crippen LogP contribution in [0.25, 0.3) is 6.08 Å². The Labute approximate surface area is 171 Å². The van der Waals surface area contributed by atoms with Gasteiger partial charge in [-0.05, 0) is 63.1 Å². The van der Waals surface area contributed by atoms with Gasteiger partial charge in [0.15, 0.2) is 11.5 Å². The van der Waals surface area contributed by atoms with E-state index in [4.69, 9.17) is 9.47 Å². The number of ether oxygens (including phenoxy) is 2. The van der Waals surface area contributed by atoms with Gasteiger partial charge in [-0.2, -0.15) is 10.1 Å². The number of benzene rings is 2. The van der Waals surface area contributed by atoms with Crippen LogP contribution in [-0.4, -0.2) is 24.8 Å². The Morgan fingerprint density at radius 2 is 1.83 bits per heavy atom. The third kappa shape index (κ3) is 4.40. The molecule has 0 radical (unpaired) electrons. The maximum atomic E-state index is 13.0. The Hall–Kier alpha value is -3.34. The lowest BCUT2D eigenvalue weighted by Crippen LogP contribution is -2.21. The molecule has 1 heterocycles. The lowest BCUT2D eigenvalue weighted by atomic mass is 10.0. The average molecular weight is 390 g/mol. The molecule has 0 N–H and O–H groups in total. The van der Waals surface area contributed by atoms with Crippen molar-refractivity contribution in [3.63, 3.8) is 0 Å². The second kappa shape index (κ2) is 9.24. The second-order valence-electron chi connectivity index (χ2n) is 6.56. The van der Waals surface area contributed by atoms with Crippen LogP contribution < -0.4 is 14.5 Å². The summed E-state index contributed by atoms with van der Waals surface area (Å²) < 4.78 is 11.6. The fourth-order valence-corrected chi connectivity index (χ4v) is 3.24. The molecule has 5 heteroatoms. The van der Waals surface area contributed by atoms with E-state index in [1.165, 1.54) is 5.01 Å². The highest BCUT2D eigenvalue weighted by Crippen LogP contribution is 2.35. The lowest BCUT2D eigenvalue weighted by molar-refractivity contribution is -0.114. The first-order valence-electron chi connectivity index (χ1n) is 9.79. The van der Waals surface area contributed by atoms with Crippen LogP contribution in [0.5, 0.6) is 11.5 Å². The minimum Gasteiger partial charge on any atom is -0.490 e. The van der Waals surface area contributed by atoms with Crippen molar-refractivity contribution in [2.75, 3.05) is 18.2 Å². The van der Waals surface area contributed by atoms with E-state index in [1.54, 1.807) is 0 Å². The number of hydrazone groups is 1. The molecule has 5 nitrogen and oxygen atoms in total. The predicted molar refractivity (Wildman–Crippen MR) is 118 cm³/mol. The topological polar surface area (TPSA) is 51.1 Å². The first-order valence-corrected chi connectivity index (χ1v) is 9.79. The minimum absolute atomic E-state index is 0.147. The van der Waals surface area contributed by atoms with Gasteiger partial charge in [0, 0.05) is 5.56 Å². The fraction of sp³-hybridized carbons (Fsp3) is 0.250. The largest absolute Gasteiger partial charge is 0.490 e. The van der Waals surface area contributed by atoms with Crippen molar-refractivity contribution in [1.82, 2.24) is 0 Å². The monoisotopic (exact) mass is 390 g/mol. The van der Waals surface area contributed by atoms with E-state index >= 15 is 0 Å². The van der Waals surface area contributed by atoms with Crippen molar-refractivity contribution >= 4 is 23.4 Å². The van der Waals surface area contributed by atoms with Gasteiger partial charge in [-0.15, -0.1) is 6.58 Å². The lowest BCUT2D eigenvalue weighted by Gasteiger charge is -2.16. The van der Waals surface area contributed by atoms with Crippen LogP contribution in [0, 0.1) is 0 Å². The van der Waals surface area contributed by atoms with E-state index < -0.39 is 0 Å². The third-order valence-electron chi connectivity index (χ3n) is 4.48. The van der Waals surface area contributed by atoms with Crippen LogP contribution in [0.3, 0.4) is 0 Å². The Morgan fingerprint density at radius 1 is 1.10 bits per heavy atom. The Morgan fingerprint density at radius 3 is 2.48 bits per heavy atom. The molecule has 29 heavy (non-hydrogen) atoms. The summed E-state index contributed by atoms with van der Waals surface area (Å²) >= 11 is 0. The van der Waals surface area contributed by atoms with E-state index in [2.05, 4.69) is 11.7 Å². The van der Waals surface area contributed by atoms with Gasteiger partial charge in [-0.3, -0.25) is 4.79 Å². The molecular weight excluding hydrogens is 364 g/mol. The van der Waals surface area contributed by atoms with Crippen LogP contribution in [-0.2, 0) is 11.2 Å². The summed E-state index contributed by atoms with van der Waals surface area (Å²) in [5, 5.41) is 5.88. The minimum atomic E-state index is -0.147. The van der Waals surface area contributed by atoms with Gasteiger partial charge in [0.05, 0.1) is 30.2 Å². The van der Waals surface area contributed by atoms with Crippen LogP contribution in [0.1, 0.15) is 31.9 Å². The molecule has 0 spiro atoms. The number of para-hydroxylation sites is 1. The molecule has 2 aromatic carbocycles. The van der Waals surface area contributed by atoms with E-state index in [9.17, 15) is 4.79 Å². The van der Waals surface area contributed by atoms with Gasteiger partial charge in [0.25, 0.3) is 5.91 Å². The summed E-state index contributed by atoms with van der Waals surface area (Å²) in [5.41, 5.74) is 3.82. The van der Waals surface area contributed by atoms with Crippen molar-refractivity contribution in [2.24, 2.45) is 5.10 Å². The zero-order valence-electron chi connectivity index (χ0n) is 17.1. The molecule has 0 fully saturated rings. The molecule has 0 bridgehead atoms. The summed E-state index contributed by atoms with van der Waals surface area (Å²) in [7, 11) is 0. The number of hydrogen-bond donors (Lipinski definition) is 0. The molecule has 3 rings (SSSR count). The molecule has 150 valence electrons. The number of carbonyl (C=O) groups excluding carboxylic acids is 1. The average Bonchev–Trinajstić information content (AvgIpc) is 3.00. The molecule has 0 saturated carbocycles. The normalized spacial score (nSPS) is 14.9. The molecule has 1 aliphatic rings. The summed E-state index contributed by atoms with van der Waals surface area (Å²) in [6.45, 7) is 10.6. The predicted octanol–water partition coefficient (Wildman–Crippen LogP) is 5.02. The van der Waals surface area contributed by atoms with Crippen molar-refractivity contribution in [2.45, 2.75) is 27.2 Å². The van der Waals surface area contributed by atoms with Crippen molar-refractivity contribution in [3.05, 3.63) is 71.8 Å². The number of carbonyl (C=O) groups is 1. The SMILES string of the molecule is C=CCc1cc(/C=C2/C(=O)N(c3ccccc3)N=C2C)cc(OCC)c1OCC. The highest BCUT2D eigenvalue weighted by atomic mass is 16.5. The first-order chi connectivity index (χ1) is 14.1. The highest BCUT2D eigenvalue weighted by Gasteiger charge is 2.28. The van der Waals surface area contributed by atoms with E-state index in [0.29, 0.717) is 36.7 Å². The van der Waals surface area contributed by atoms with E-state index in [1.807, 2.05) is 75.4 Å². The standard InChI is InChI=1S/C24H26N2O3/c1-5-11-19-14-18(16-22(28-6-2)23(19)29-7-3)15-21-17(4)25-26(24(21)27)20-12-9-8-10-13-20/h5,8-10,12-16H,1,6-7,11H2,2-4H3/b21-15+. The highest BCUT2D eigenvalue weighted by molar-refractivity contribution is 6.32. The number of hydrogen-bond acceptors (Lipinski definition) is 4. The number of anilines is 1. The summed E-state index contributed by atoms with van der Waals surface area (Å²) in [6.07, 6.45) is 4.33. The summed E-state index contributed by atoms with van der Waals surface area (Å²) in [5.74, 6) is 1.25. The summed E-state index contributed by atoms with van der Waals surface area (Å²) in [6, 6.07) is 13.3. The van der Waals surface area contributed by atoms with Gasteiger partial charge >= 0.3 is 0 Å². The second-order valence-corrected chi connectivity index (χ2v) is 6.56. The maximum absolute atomic E-state index is 13.0. The number of nitrogens with zero attached hydrogens (tertiary/aromatic N) is 2. The molecular formula is C24H26N2O3. The Kier molecular flexibility index (Phi) is 6.50. The van der Waals surface area contributed by atoms with Crippen LogP contribution in [0.2, 0.25) is 0 Å². The number of rotatable bonds is 8. The number of allylic oxidation sites excluding steroid dienone is 1. The quantitative estimate of drug-likeness (QED) is 0.470. The molecule has 2 aromatic rings. The van der Waals surface area contributed by atoms with Crippen molar-refractivity contribution < 1.29 is 14.3 Å². The number of amides is 1. The van der Waals surface area contributed by atoms with E-state index in [-0.39, 0.29) is 5.91 Å². The van der Waals surface area contributed by atoms with Crippen molar-refractivity contribution in [3.8, 4) is 11.5 Å². The van der Waals surface area contributed by atoms with Gasteiger partial charge in [-0.25, -0.2) is 0 Å². The van der Waals surface area contributed by atoms with Gasteiger partial charge in [-0.1, -0.05) is 24.3 Å². The van der Waals surface area contributed by atoms with E-state index in [0.717, 1.165) is 22.6 Å². The van der Waals surface area contributed by atoms with Gasteiger partial charge < -0.3 is 9.47 Å². The van der Waals surface area contributed by atoms with Gasteiger partial charge in [0.1, 0.15) is 0 Å². The Bertz CT molecular complexity index is 962. The molecule has 0 unspecified atom stereocenters. The first kappa shape index (κ1) is 20.4. The third-order valence-corrected chi connectivity index (χ3v) is 4.48. The molecule has 0 aromatic heterocycles. The molecule has 1 amide bonds. The van der Waals surface area contributed by atoms with Crippen LogP contribution in [0.4, 0.5) is 5.69 Å². The smallest absolute Gasteiger partial charge is 0.280 e. The van der Waals surface area contributed by atoms with Crippen LogP contribution in [0.15, 0.2) is 65.8 Å². The molecule has 0 saturated heterocycles. The summed E-state index contributed by atoms with van der Waals surface area (Å²) in [4.78, 5) is 13.0. The van der Waals surface area contributed by atoms with Crippen molar-refractivity contribution in [1.29, 1.82) is 0 Å².